The van der Waals surface area contributed by atoms with E-state index < -0.39 is 10.0 Å². The van der Waals surface area contributed by atoms with Crippen LogP contribution >= 0.6 is 0 Å². The molecule has 4 nitrogen and oxygen atoms in total. The molecule has 0 spiro atoms. The number of hydrogen-bond donors (Lipinski definition) is 2. The first-order chi connectivity index (χ1) is 9.31. The van der Waals surface area contributed by atoms with E-state index in [1.54, 1.807) is 18.2 Å². The first kappa shape index (κ1) is 17.1. The van der Waals surface area contributed by atoms with Crippen molar-refractivity contribution in [3.8, 4) is 0 Å². The Kier molecular flexibility index (Phi) is 6.17. The van der Waals surface area contributed by atoms with Crippen molar-refractivity contribution in [1.29, 1.82) is 0 Å². The van der Waals surface area contributed by atoms with Gasteiger partial charge >= 0.3 is 0 Å². The summed E-state index contributed by atoms with van der Waals surface area (Å²) in [6.45, 7) is 7.97. The fraction of sp³-hybridized carbons (Fsp3) is 0.600. The Hall–Kier alpha value is -0.910. The first-order valence-electron chi connectivity index (χ1n) is 7.19. The maximum absolute atomic E-state index is 12.4. The minimum absolute atomic E-state index is 0.0893. The van der Waals surface area contributed by atoms with Gasteiger partial charge in [0.25, 0.3) is 0 Å². The average molecular weight is 298 g/mol. The molecule has 0 saturated heterocycles. The number of rotatable bonds is 7. The molecule has 0 aliphatic heterocycles. The van der Waals surface area contributed by atoms with E-state index in [9.17, 15) is 8.42 Å². The van der Waals surface area contributed by atoms with Crippen LogP contribution in [0.3, 0.4) is 0 Å². The van der Waals surface area contributed by atoms with Crippen molar-refractivity contribution in [3.63, 3.8) is 0 Å². The van der Waals surface area contributed by atoms with Crippen molar-refractivity contribution >= 4 is 10.0 Å². The van der Waals surface area contributed by atoms with E-state index in [2.05, 4.69) is 11.6 Å². The maximum Gasteiger partial charge on any atom is 0.240 e. The van der Waals surface area contributed by atoms with Gasteiger partial charge < -0.3 is 5.73 Å². The molecule has 0 radical (unpaired) electrons. The molecule has 0 amide bonds. The van der Waals surface area contributed by atoms with Crippen LogP contribution in [-0.4, -0.2) is 14.5 Å². The topological polar surface area (TPSA) is 72.2 Å². The van der Waals surface area contributed by atoms with Crippen molar-refractivity contribution in [3.05, 3.63) is 29.8 Å². The van der Waals surface area contributed by atoms with E-state index in [1.165, 1.54) is 0 Å². The predicted molar refractivity (Wildman–Crippen MR) is 82.9 cm³/mol. The van der Waals surface area contributed by atoms with Gasteiger partial charge in [-0.05, 0) is 37.0 Å². The van der Waals surface area contributed by atoms with E-state index in [4.69, 9.17) is 5.73 Å². The lowest BCUT2D eigenvalue weighted by Gasteiger charge is -2.20. The lowest BCUT2D eigenvalue weighted by Crippen LogP contribution is -2.36. The van der Waals surface area contributed by atoms with E-state index in [-0.39, 0.29) is 17.0 Å². The molecule has 0 saturated carbocycles. The zero-order chi connectivity index (χ0) is 15.3. The van der Waals surface area contributed by atoms with Crippen molar-refractivity contribution in [2.24, 2.45) is 11.7 Å². The fourth-order valence-electron chi connectivity index (χ4n) is 1.93. The van der Waals surface area contributed by atoms with E-state index >= 15 is 0 Å². The lowest BCUT2D eigenvalue weighted by atomic mass is 10.0. The fourth-order valence-corrected chi connectivity index (χ4v) is 3.34. The summed E-state index contributed by atoms with van der Waals surface area (Å²) < 4.78 is 27.5. The number of sulfonamides is 1. The van der Waals surface area contributed by atoms with E-state index in [0.29, 0.717) is 5.92 Å². The Morgan fingerprint density at radius 3 is 2.40 bits per heavy atom. The van der Waals surface area contributed by atoms with Crippen molar-refractivity contribution in [2.75, 3.05) is 0 Å². The molecule has 0 fully saturated rings. The van der Waals surface area contributed by atoms with Crippen LogP contribution in [0.25, 0.3) is 0 Å². The Morgan fingerprint density at radius 1 is 1.20 bits per heavy atom. The molecule has 0 aliphatic carbocycles. The van der Waals surface area contributed by atoms with Crippen LogP contribution in [0.4, 0.5) is 0 Å². The molecule has 0 bridgehead atoms. The smallest absolute Gasteiger partial charge is 0.240 e. The molecule has 3 unspecified atom stereocenters. The highest BCUT2D eigenvalue weighted by Gasteiger charge is 2.21. The van der Waals surface area contributed by atoms with Crippen LogP contribution in [0.15, 0.2) is 29.2 Å². The summed E-state index contributed by atoms with van der Waals surface area (Å²) in [5.41, 5.74) is 6.82. The molecule has 0 aliphatic rings. The van der Waals surface area contributed by atoms with Gasteiger partial charge in [-0.1, -0.05) is 39.3 Å². The molecule has 3 N–H and O–H groups in total. The molecule has 1 aromatic carbocycles. The second-order valence-corrected chi connectivity index (χ2v) is 7.10. The van der Waals surface area contributed by atoms with E-state index in [0.717, 1.165) is 18.4 Å². The van der Waals surface area contributed by atoms with Gasteiger partial charge in [-0.15, -0.1) is 0 Å². The van der Waals surface area contributed by atoms with Crippen LogP contribution in [0.5, 0.6) is 0 Å². The Labute approximate surface area is 122 Å². The van der Waals surface area contributed by atoms with Gasteiger partial charge in [0.2, 0.25) is 10.0 Å². The second kappa shape index (κ2) is 7.20. The van der Waals surface area contributed by atoms with E-state index in [1.807, 2.05) is 26.8 Å². The van der Waals surface area contributed by atoms with Crippen LogP contribution < -0.4 is 10.5 Å². The van der Waals surface area contributed by atoms with Crippen LogP contribution in [0, 0.1) is 5.92 Å². The Balaban J connectivity index is 2.98. The van der Waals surface area contributed by atoms with Crippen molar-refractivity contribution < 1.29 is 8.42 Å². The van der Waals surface area contributed by atoms with Crippen LogP contribution in [0.1, 0.15) is 52.1 Å². The van der Waals surface area contributed by atoms with Crippen LogP contribution in [-0.2, 0) is 10.0 Å². The standard InChI is InChI=1S/C15H26N2O2S/c1-5-11(3)12(4)17-20(18,19)14-9-7-8-13(10-14)15(16)6-2/h7-12,15,17H,5-6,16H2,1-4H3. The molecule has 1 rings (SSSR count). The monoisotopic (exact) mass is 298 g/mol. The minimum Gasteiger partial charge on any atom is -0.324 e. The minimum atomic E-state index is -3.48. The third kappa shape index (κ3) is 4.30. The third-order valence-corrected chi connectivity index (χ3v) is 5.43. The second-order valence-electron chi connectivity index (χ2n) is 5.38. The summed E-state index contributed by atoms with van der Waals surface area (Å²) in [5.74, 6) is 0.297. The summed E-state index contributed by atoms with van der Waals surface area (Å²) in [5, 5.41) is 0. The van der Waals surface area contributed by atoms with Crippen molar-refractivity contribution in [1.82, 2.24) is 4.72 Å². The Morgan fingerprint density at radius 2 is 1.85 bits per heavy atom. The highest BCUT2D eigenvalue weighted by Crippen LogP contribution is 2.19. The molecular weight excluding hydrogens is 272 g/mol. The summed E-state index contributed by atoms with van der Waals surface area (Å²) in [6, 6.07) is 6.67. The van der Waals surface area contributed by atoms with Gasteiger partial charge in [0.15, 0.2) is 0 Å². The highest BCUT2D eigenvalue weighted by molar-refractivity contribution is 7.89. The summed E-state index contributed by atoms with van der Waals surface area (Å²) in [7, 11) is -3.48. The quantitative estimate of drug-likeness (QED) is 0.813. The third-order valence-electron chi connectivity index (χ3n) is 3.87. The SMILES string of the molecule is CCC(N)c1cccc(S(=O)(=O)NC(C)C(C)CC)c1. The summed E-state index contributed by atoms with van der Waals surface area (Å²) in [6.07, 6.45) is 1.71. The molecule has 1 aromatic rings. The Bertz CT molecular complexity index is 528. The number of nitrogens with two attached hydrogens (primary N) is 1. The highest BCUT2D eigenvalue weighted by atomic mass is 32.2. The largest absolute Gasteiger partial charge is 0.324 e. The van der Waals surface area contributed by atoms with Gasteiger partial charge in [0, 0.05) is 12.1 Å². The van der Waals surface area contributed by atoms with Gasteiger partial charge in [-0.3, -0.25) is 0 Å². The zero-order valence-corrected chi connectivity index (χ0v) is 13.6. The van der Waals surface area contributed by atoms with Gasteiger partial charge in [0.05, 0.1) is 4.90 Å². The molecule has 0 aromatic heterocycles. The normalized spacial score (nSPS) is 16.6. The first-order valence-corrected chi connectivity index (χ1v) is 8.68. The van der Waals surface area contributed by atoms with Gasteiger partial charge in [-0.25, -0.2) is 13.1 Å². The predicted octanol–water partition coefficient (Wildman–Crippen LogP) is 2.81. The summed E-state index contributed by atoms with van der Waals surface area (Å²) >= 11 is 0. The number of nitrogens with one attached hydrogen (secondary N) is 1. The molecule has 3 atom stereocenters. The zero-order valence-electron chi connectivity index (χ0n) is 12.8. The molecule has 114 valence electrons. The maximum atomic E-state index is 12.4. The molecular formula is C15H26N2O2S. The van der Waals surface area contributed by atoms with Crippen LogP contribution in [0.2, 0.25) is 0 Å². The molecule has 0 heterocycles. The lowest BCUT2D eigenvalue weighted by molar-refractivity contribution is 0.434. The van der Waals surface area contributed by atoms with Gasteiger partial charge in [0.1, 0.15) is 0 Å². The van der Waals surface area contributed by atoms with Gasteiger partial charge in [-0.2, -0.15) is 0 Å². The molecule has 20 heavy (non-hydrogen) atoms. The number of hydrogen-bond acceptors (Lipinski definition) is 3. The summed E-state index contributed by atoms with van der Waals surface area (Å²) in [4.78, 5) is 0.286. The van der Waals surface area contributed by atoms with Crippen molar-refractivity contribution in [2.45, 2.75) is 57.5 Å². The average Bonchev–Trinajstić information content (AvgIpc) is 2.45. The number of benzene rings is 1. The molecule has 5 heteroatoms.